The van der Waals surface area contributed by atoms with Gasteiger partial charge in [0.05, 0.1) is 0 Å². The van der Waals surface area contributed by atoms with Crippen molar-refractivity contribution >= 4 is 17.3 Å². The van der Waals surface area contributed by atoms with Crippen LogP contribution in [-0.4, -0.2) is 26.7 Å². The van der Waals surface area contributed by atoms with E-state index in [1.54, 1.807) is 0 Å². The van der Waals surface area contributed by atoms with Crippen molar-refractivity contribution in [2.24, 2.45) is 5.92 Å². The van der Waals surface area contributed by atoms with Crippen LogP contribution >= 0.6 is 11.6 Å². The molecule has 92 valence electrons. The molecule has 2 aliphatic rings. The summed E-state index contributed by atoms with van der Waals surface area (Å²) >= 11 is 6.14. The minimum atomic E-state index is 0.677. The lowest BCUT2D eigenvalue weighted by molar-refractivity contribution is 0.327. The summed E-state index contributed by atoms with van der Waals surface area (Å²) in [7, 11) is 2.19. The number of rotatable bonds is 1. The van der Waals surface area contributed by atoms with Crippen molar-refractivity contribution in [2.45, 2.75) is 18.8 Å². The lowest BCUT2D eigenvalue weighted by Crippen LogP contribution is -2.32. The first-order valence-electron chi connectivity index (χ1n) is 6.47. The molecular weight excluding hydrogens is 232 g/mol. The van der Waals surface area contributed by atoms with Gasteiger partial charge in [-0.3, -0.25) is 0 Å². The molecule has 1 N–H and O–H groups in total. The topological polar surface area (TPSA) is 15.3 Å². The molecule has 1 aromatic rings. The van der Waals surface area contributed by atoms with Gasteiger partial charge in [0.1, 0.15) is 0 Å². The van der Waals surface area contributed by atoms with Gasteiger partial charge in [-0.05, 0) is 55.6 Å². The molecule has 1 fully saturated rings. The zero-order valence-electron chi connectivity index (χ0n) is 10.2. The number of fused-ring (bicyclic) bond motifs is 1. The van der Waals surface area contributed by atoms with E-state index in [1.807, 2.05) is 6.07 Å². The molecule has 0 amide bonds. The van der Waals surface area contributed by atoms with E-state index in [4.69, 9.17) is 11.6 Å². The van der Waals surface area contributed by atoms with Gasteiger partial charge < -0.3 is 10.2 Å². The summed E-state index contributed by atoms with van der Waals surface area (Å²) in [6.07, 6.45) is 2.59. The van der Waals surface area contributed by atoms with Crippen molar-refractivity contribution in [3.63, 3.8) is 0 Å². The van der Waals surface area contributed by atoms with Crippen LogP contribution in [0.15, 0.2) is 18.2 Å². The van der Waals surface area contributed by atoms with E-state index < -0.39 is 0 Å². The van der Waals surface area contributed by atoms with Crippen LogP contribution in [0, 0.1) is 5.92 Å². The Morgan fingerprint density at radius 3 is 2.82 bits per heavy atom. The second kappa shape index (κ2) is 4.51. The van der Waals surface area contributed by atoms with Crippen LogP contribution in [0.25, 0.3) is 0 Å². The lowest BCUT2D eigenvalue weighted by Gasteiger charge is -2.28. The van der Waals surface area contributed by atoms with Crippen LogP contribution < -0.4 is 10.2 Å². The zero-order chi connectivity index (χ0) is 11.8. The quantitative estimate of drug-likeness (QED) is 0.825. The monoisotopic (exact) mass is 250 g/mol. The summed E-state index contributed by atoms with van der Waals surface area (Å²) in [5.41, 5.74) is 2.84. The number of nitrogens with one attached hydrogen (secondary N) is 1. The van der Waals surface area contributed by atoms with Crippen LogP contribution in [0.4, 0.5) is 5.69 Å². The van der Waals surface area contributed by atoms with E-state index in [0.717, 1.165) is 17.5 Å². The van der Waals surface area contributed by atoms with Crippen LogP contribution in [0.3, 0.4) is 0 Å². The fraction of sp³-hybridized carbons (Fsp3) is 0.571. The molecule has 1 unspecified atom stereocenters. The summed E-state index contributed by atoms with van der Waals surface area (Å²) in [5, 5.41) is 4.32. The molecule has 1 aromatic carbocycles. The first kappa shape index (κ1) is 11.4. The first-order valence-corrected chi connectivity index (χ1v) is 6.85. The largest absolute Gasteiger partial charge is 0.374 e. The minimum Gasteiger partial charge on any atom is -0.374 e. The molecule has 2 nitrogen and oxygen atoms in total. The molecule has 1 saturated heterocycles. The van der Waals surface area contributed by atoms with E-state index in [-0.39, 0.29) is 0 Å². The van der Waals surface area contributed by atoms with Crippen molar-refractivity contribution in [3.05, 3.63) is 28.8 Å². The highest BCUT2D eigenvalue weighted by Crippen LogP contribution is 2.43. The Kier molecular flexibility index (Phi) is 3.01. The van der Waals surface area contributed by atoms with Crippen molar-refractivity contribution in [2.75, 3.05) is 31.6 Å². The fourth-order valence-corrected chi connectivity index (χ4v) is 3.49. The smallest absolute Gasteiger partial charge is 0.0410 e. The van der Waals surface area contributed by atoms with Gasteiger partial charge in [0.25, 0.3) is 0 Å². The van der Waals surface area contributed by atoms with E-state index in [2.05, 4.69) is 29.4 Å². The highest BCUT2D eigenvalue weighted by molar-refractivity contribution is 6.30. The highest BCUT2D eigenvalue weighted by atomic mass is 35.5. The van der Waals surface area contributed by atoms with Gasteiger partial charge in [-0.2, -0.15) is 0 Å². The number of anilines is 1. The third-order valence-electron chi connectivity index (χ3n) is 4.22. The number of benzene rings is 1. The fourth-order valence-electron chi connectivity index (χ4n) is 3.31. The standard InChI is InChI=1S/C14H19ClN2/c1-17-9-13(10-4-6-16-7-5-10)12-8-11(15)2-3-14(12)17/h2-3,8,10,13,16H,4-7,9H2,1H3. The molecule has 1 atom stereocenters. The van der Waals surface area contributed by atoms with Gasteiger partial charge in [0.2, 0.25) is 0 Å². The summed E-state index contributed by atoms with van der Waals surface area (Å²) in [6.45, 7) is 3.49. The summed E-state index contributed by atoms with van der Waals surface area (Å²) in [5.74, 6) is 1.49. The number of hydrogen-bond acceptors (Lipinski definition) is 2. The molecule has 0 aliphatic carbocycles. The minimum absolute atomic E-state index is 0.677. The van der Waals surface area contributed by atoms with Crippen molar-refractivity contribution < 1.29 is 0 Å². The molecule has 3 heteroatoms. The Morgan fingerprint density at radius 2 is 2.06 bits per heavy atom. The molecule has 0 radical (unpaired) electrons. The molecule has 0 spiro atoms. The van der Waals surface area contributed by atoms with Crippen molar-refractivity contribution in [3.8, 4) is 0 Å². The number of hydrogen-bond donors (Lipinski definition) is 1. The average Bonchev–Trinajstić information content (AvgIpc) is 2.67. The molecule has 0 aromatic heterocycles. The average molecular weight is 251 g/mol. The van der Waals surface area contributed by atoms with Gasteiger partial charge in [0, 0.05) is 30.2 Å². The molecule has 3 rings (SSSR count). The molecule has 17 heavy (non-hydrogen) atoms. The van der Waals surface area contributed by atoms with Crippen molar-refractivity contribution in [1.29, 1.82) is 0 Å². The molecule has 0 bridgehead atoms. The van der Waals surface area contributed by atoms with Crippen molar-refractivity contribution in [1.82, 2.24) is 5.32 Å². The number of likely N-dealkylation sites (N-methyl/N-ethyl adjacent to an activating group) is 1. The van der Waals surface area contributed by atoms with Crippen LogP contribution in [0.1, 0.15) is 24.3 Å². The zero-order valence-corrected chi connectivity index (χ0v) is 11.0. The number of halogens is 1. The summed E-state index contributed by atoms with van der Waals surface area (Å²) < 4.78 is 0. The van der Waals surface area contributed by atoms with Gasteiger partial charge in [-0.1, -0.05) is 11.6 Å². The molecule has 2 aliphatic heterocycles. The van der Waals surface area contributed by atoms with Gasteiger partial charge in [-0.15, -0.1) is 0 Å². The molecule has 0 saturated carbocycles. The Hall–Kier alpha value is -0.730. The highest BCUT2D eigenvalue weighted by Gasteiger charge is 2.33. The Labute approximate surface area is 108 Å². The SMILES string of the molecule is CN1CC(C2CCNCC2)c2cc(Cl)ccc21. The van der Waals surface area contributed by atoms with Gasteiger partial charge in [0.15, 0.2) is 0 Å². The maximum absolute atomic E-state index is 6.14. The molecular formula is C14H19ClN2. The van der Waals surface area contributed by atoms with Gasteiger partial charge >= 0.3 is 0 Å². The molecule has 2 heterocycles. The Balaban J connectivity index is 1.91. The summed E-state index contributed by atoms with van der Waals surface area (Å²) in [6, 6.07) is 6.34. The second-order valence-electron chi connectivity index (χ2n) is 5.28. The first-order chi connectivity index (χ1) is 8.25. The van der Waals surface area contributed by atoms with Crippen LogP contribution in [-0.2, 0) is 0 Å². The summed E-state index contributed by atoms with van der Waals surface area (Å²) in [4.78, 5) is 2.37. The third kappa shape index (κ3) is 2.04. The van der Waals surface area contributed by atoms with Crippen LogP contribution in [0.2, 0.25) is 5.02 Å². The number of nitrogens with zero attached hydrogens (tertiary/aromatic N) is 1. The Bertz CT molecular complexity index is 413. The second-order valence-corrected chi connectivity index (χ2v) is 5.71. The maximum atomic E-state index is 6.14. The van der Waals surface area contributed by atoms with E-state index >= 15 is 0 Å². The predicted molar refractivity (Wildman–Crippen MR) is 73.1 cm³/mol. The number of piperidine rings is 1. The third-order valence-corrected chi connectivity index (χ3v) is 4.46. The normalized spacial score (nSPS) is 25.1. The van der Waals surface area contributed by atoms with E-state index in [1.165, 1.54) is 37.2 Å². The maximum Gasteiger partial charge on any atom is 0.0410 e. The Morgan fingerprint density at radius 1 is 1.29 bits per heavy atom. The van der Waals surface area contributed by atoms with Gasteiger partial charge in [-0.25, -0.2) is 0 Å². The van der Waals surface area contributed by atoms with E-state index in [0.29, 0.717) is 5.92 Å². The predicted octanol–water partition coefficient (Wildman–Crippen LogP) is 2.87. The van der Waals surface area contributed by atoms with E-state index in [9.17, 15) is 0 Å². The van der Waals surface area contributed by atoms with Crippen LogP contribution in [0.5, 0.6) is 0 Å². The lowest BCUT2D eigenvalue weighted by atomic mass is 9.82.